The molecule has 0 bridgehead atoms. The lowest BCUT2D eigenvalue weighted by molar-refractivity contribution is -0.161. The first-order valence-electron chi connectivity index (χ1n) is 24.7. The zero-order valence-corrected chi connectivity index (χ0v) is 37.2. The number of rotatable bonds is 46. The van der Waals surface area contributed by atoms with Crippen LogP contribution in [0, 0.1) is 0 Å². The highest BCUT2D eigenvalue weighted by atomic mass is 16.6. The molecule has 0 aliphatic carbocycles. The molecule has 0 saturated heterocycles. The normalized spacial score (nSPS) is 12.1. The fourth-order valence-corrected chi connectivity index (χ4v) is 7.54. The molecule has 0 heterocycles. The van der Waals surface area contributed by atoms with Gasteiger partial charge >= 0.3 is 11.9 Å². The van der Waals surface area contributed by atoms with E-state index in [1.165, 1.54) is 212 Å². The highest BCUT2D eigenvalue weighted by Crippen LogP contribution is 2.17. The van der Waals surface area contributed by atoms with E-state index in [1.807, 2.05) is 0 Å². The number of hydrogen-bond acceptors (Lipinski definition) is 5. The maximum Gasteiger partial charge on any atom is 0.306 e. The van der Waals surface area contributed by atoms with E-state index in [2.05, 4.69) is 26.0 Å². The SMILES string of the molecule is CCCC/C=C\CCCCCCCC(=O)OC(CO)COC(=O)CCCCCCCCCCCCCCCCCCCCCCCCCCCCCCCC. The number of carbonyl (C=O) groups is 2. The van der Waals surface area contributed by atoms with Crippen LogP contribution in [0.3, 0.4) is 0 Å². The fourth-order valence-electron chi connectivity index (χ4n) is 7.54. The van der Waals surface area contributed by atoms with Gasteiger partial charge in [0.05, 0.1) is 6.61 Å². The lowest BCUT2D eigenvalue weighted by atomic mass is 10.0. The van der Waals surface area contributed by atoms with E-state index in [0.717, 1.165) is 38.5 Å². The number of allylic oxidation sites excluding steroid dienone is 2. The third kappa shape index (κ3) is 45.2. The van der Waals surface area contributed by atoms with Gasteiger partial charge in [-0.1, -0.05) is 244 Å². The molecule has 326 valence electrons. The smallest absolute Gasteiger partial charge is 0.306 e. The number of unbranched alkanes of at least 4 members (excludes halogenated alkanes) is 36. The monoisotopic (exact) mass is 777 g/mol. The second-order valence-corrected chi connectivity index (χ2v) is 16.9. The van der Waals surface area contributed by atoms with Gasteiger partial charge in [0.1, 0.15) is 6.61 Å². The summed E-state index contributed by atoms with van der Waals surface area (Å²) in [4.78, 5) is 24.3. The van der Waals surface area contributed by atoms with E-state index in [4.69, 9.17) is 9.47 Å². The number of ether oxygens (including phenoxy) is 2. The number of hydrogen-bond donors (Lipinski definition) is 1. The predicted octanol–water partition coefficient (Wildman–Crippen LogP) is 16.0. The summed E-state index contributed by atoms with van der Waals surface area (Å²) in [6.07, 6.45) is 56.1. The van der Waals surface area contributed by atoms with Crippen LogP contribution in [0.1, 0.15) is 277 Å². The molecule has 0 aliphatic rings. The van der Waals surface area contributed by atoms with Gasteiger partial charge in [0, 0.05) is 12.8 Å². The van der Waals surface area contributed by atoms with Gasteiger partial charge in [0.2, 0.25) is 0 Å². The molecule has 0 aliphatic heterocycles. The molecule has 0 amide bonds. The van der Waals surface area contributed by atoms with Gasteiger partial charge < -0.3 is 14.6 Å². The molecule has 0 aromatic heterocycles. The molecule has 0 saturated carbocycles. The number of carbonyl (C=O) groups excluding carboxylic acids is 2. The summed E-state index contributed by atoms with van der Waals surface area (Å²) in [7, 11) is 0. The van der Waals surface area contributed by atoms with Gasteiger partial charge in [-0.25, -0.2) is 0 Å². The van der Waals surface area contributed by atoms with Crippen LogP contribution in [-0.4, -0.2) is 36.4 Å². The van der Waals surface area contributed by atoms with E-state index in [1.54, 1.807) is 0 Å². The Morgan fingerprint density at radius 1 is 0.400 bits per heavy atom. The molecule has 0 fully saturated rings. The van der Waals surface area contributed by atoms with Crippen molar-refractivity contribution in [3.8, 4) is 0 Å². The van der Waals surface area contributed by atoms with Crippen molar-refractivity contribution in [1.82, 2.24) is 0 Å². The predicted molar refractivity (Wildman–Crippen MR) is 238 cm³/mol. The molecule has 0 aromatic rings. The molecule has 0 radical (unpaired) electrons. The molecule has 0 aromatic carbocycles. The second-order valence-electron chi connectivity index (χ2n) is 16.9. The topological polar surface area (TPSA) is 72.8 Å². The Balaban J connectivity index is 3.36. The first-order chi connectivity index (χ1) is 27.1. The molecule has 1 unspecified atom stereocenters. The molecule has 0 spiro atoms. The molecule has 1 N–H and O–H groups in total. The molecule has 5 nitrogen and oxygen atoms in total. The lowest BCUT2D eigenvalue weighted by Gasteiger charge is -2.15. The highest BCUT2D eigenvalue weighted by molar-refractivity contribution is 5.70. The van der Waals surface area contributed by atoms with Gasteiger partial charge in [0.25, 0.3) is 0 Å². The fraction of sp³-hybridized carbons (Fsp3) is 0.920. The van der Waals surface area contributed by atoms with E-state index in [9.17, 15) is 14.7 Å². The zero-order valence-electron chi connectivity index (χ0n) is 37.2. The lowest BCUT2D eigenvalue weighted by Crippen LogP contribution is -2.28. The van der Waals surface area contributed by atoms with Gasteiger partial charge in [-0.3, -0.25) is 9.59 Å². The van der Waals surface area contributed by atoms with Crippen LogP contribution in [0.15, 0.2) is 12.2 Å². The molecule has 55 heavy (non-hydrogen) atoms. The Kier molecular flexibility index (Phi) is 45.9. The van der Waals surface area contributed by atoms with Crippen molar-refractivity contribution in [2.45, 2.75) is 283 Å². The van der Waals surface area contributed by atoms with Gasteiger partial charge in [-0.05, 0) is 32.1 Å². The van der Waals surface area contributed by atoms with Crippen molar-refractivity contribution in [2.24, 2.45) is 0 Å². The van der Waals surface area contributed by atoms with Crippen LogP contribution >= 0.6 is 0 Å². The van der Waals surface area contributed by atoms with Crippen LogP contribution in [0.4, 0.5) is 0 Å². The number of esters is 2. The van der Waals surface area contributed by atoms with Crippen LogP contribution in [0.5, 0.6) is 0 Å². The molecule has 1 atom stereocenters. The summed E-state index contributed by atoms with van der Waals surface area (Å²) < 4.78 is 10.6. The second kappa shape index (κ2) is 47.0. The summed E-state index contributed by atoms with van der Waals surface area (Å²) in [5, 5.41) is 9.57. The Hall–Kier alpha value is -1.36. The van der Waals surface area contributed by atoms with Crippen molar-refractivity contribution in [3.05, 3.63) is 12.2 Å². The first-order valence-corrected chi connectivity index (χ1v) is 24.7. The zero-order chi connectivity index (χ0) is 40.0. The highest BCUT2D eigenvalue weighted by Gasteiger charge is 2.16. The van der Waals surface area contributed by atoms with Crippen molar-refractivity contribution in [3.63, 3.8) is 0 Å². The molecule has 0 rings (SSSR count). The summed E-state index contributed by atoms with van der Waals surface area (Å²) in [5.41, 5.74) is 0. The van der Waals surface area contributed by atoms with Crippen LogP contribution in [0.2, 0.25) is 0 Å². The summed E-state index contributed by atoms with van der Waals surface area (Å²) in [5.74, 6) is -0.588. The largest absolute Gasteiger partial charge is 0.462 e. The van der Waals surface area contributed by atoms with Gasteiger partial charge in [-0.2, -0.15) is 0 Å². The maximum absolute atomic E-state index is 12.1. The first kappa shape index (κ1) is 53.6. The Morgan fingerprint density at radius 3 is 1.04 bits per heavy atom. The molecule has 5 heteroatoms. The van der Waals surface area contributed by atoms with Crippen LogP contribution < -0.4 is 0 Å². The van der Waals surface area contributed by atoms with E-state index < -0.39 is 6.10 Å². The summed E-state index contributed by atoms with van der Waals surface area (Å²) in [6, 6.07) is 0. The molecular formula is C50H96O5. The standard InChI is InChI=1S/C50H96O5/c1-3-5-7-9-11-13-15-16-17-18-19-20-21-22-23-24-25-26-27-28-29-30-31-32-33-35-36-38-40-42-44-49(52)54-47-48(46-51)55-50(53)45-43-41-39-37-34-14-12-10-8-6-4-2/h10,12,48,51H,3-9,11,13-47H2,1-2H3/b12-10-. The minimum atomic E-state index is -0.769. The minimum Gasteiger partial charge on any atom is -0.462 e. The average molecular weight is 777 g/mol. The average Bonchev–Trinajstić information content (AvgIpc) is 3.19. The van der Waals surface area contributed by atoms with Crippen molar-refractivity contribution >= 4 is 11.9 Å². The van der Waals surface area contributed by atoms with E-state index in [0.29, 0.717) is 12.8 Å². The van der Waals surface area contributed by atoms with E-state index >= 15 is 0 Å². The summed E-state index contributed by atoms with van der Waals surface area (Å²) in [6.45, 7) is 4.12. The van der Waals surface area contributed by atoms with Crippen LogP contribution in [-0.2, 0) is 19.1 Å². The number of aliphatic hydroxyl groups excluding tert-OH is 1. The van der Waals surface area contributed by atoms with Crippen LogP contribution in [0.25, 0.3) is 0 Å². The van der Waals surface area contributed by atoms with Gasteiger partial charge in [-0.15, -0.1) is 0 Å². The Morgan fingerprint density at radius 2 is 0.691 bits per heavy atom. The van der Waals surface area contributed by atoms with E-state index in [-0.39, 0.29) is 25.2 Å². The van der Waals surface area contributed by atoms with Gasteiger partial charge in [0.15, 0.2) is 6.10 Å². The number of aliphatic hydroxyl groups is 1. The third-order valence-corrected chi connectivity index (χ3v) is 11.3. The van der Waals surface area contributed by atoms with Crippen molar-refractivity contribution in [1.29, 1.82) is 0 Å². The summed E-state index contributed by atoms with van der Waals surface area (Å²) >= 11 is 0. The quantitative estimate of drug-likeness (QED) is 0.0379. The minimum absolute atomic E-state index is 0.0631. The maximum atomic E-state index is 12.1. The third-order valence-electron chi connectivity index (χ3n) is 11.3. The Labute approximate surface area is 343 Å². The Bertz CT molecular complexity index is 795. The van der Waals surface area contributed by atoms with Crippen molar-refractivity contribution in [2.75, 3.05) is 13.2 Å². The molecular weight excluding hydrogens is 681 g/mol. The van der Waals surface area contributed by atoms with Crippen molar-refractivity contribution < 1.29 is 24.2 Å².